The van der Waals surface area contributed by atoms with Crippen LogP contribution in [0, 0.1) is 5.82 Å². The molecule has 168 valence electrons. The topological polar surface area (TPSA) is 72.4 Å². The molecular formula is C25H28FN3O3. The SMILES string of the molecule is CCn1c(C(=O)NCC2(C)CCCO2)cc2cc(NC(=O)Cc3ccc(F)cc3)ccc21. The molecule has 2 aromatic carbocycles. The van der Waals surface area contributed by atoms with Crippen LogP contribution >= 0.6 is 0 Å². The number of benzene rings is 2. The highest BCUT2D eigenvalue weighted by molar-refractivity contribution is 6.00. The number of aromatic nitrogens is 1. The van der Waals surface area contributed by atoms with E-state index in [1.54, 1.807) is 12.1 Å². The summed E-state index contributed by atoms with van der Waals surface area (Å²) in [5, 5.41) is 6.77. The van der Waals surface area contributed by atoms with Gasteiger partial charge in [0, 0.05) is 36.3 Å². The van der Waals surface area contributed by atoms with E-state index in [0.717, 1.165) is 35.9 Å². The van der Waals surface area contributed by atoms with Gasteiger partial charge in [-0.1, -0.05) is 12.1 Å². The van der Waals surface area contributed by atoms with Gasteiger partial charge in [0.2, 0.25) is 5.91 Å². The molecule has 1 aliphatic rings. The molecule has 0 bridgehead atoms. The minimum absolute atomic E-state index is 0.137. The van der Waals surface area contributed by atoms with Gasteiger partial charge in [0.25, 0.3) is 5.91 Å². The predicted molar refractivity (Wildman–Crippen MR) is 122 cm³/mol. The van der Waals surface area contributed by atoms with Crippen molar-refractivity contribution in [2.75, 3.05) is 18.5 Å². The minimum Gasteiger partial charge on any atom is -0.373 e. The highest BCUT2D eigenvalue weighted by atomic mass is 19.1. The number of carbonyl (C=O) groups excluding carboxylic acids is 2. The van der Waals surface area contributed by atoms with Crippen molar-refractivity contribution in [2.24, 2.45) is 0 Å². The Hall–Kier alpha value is -3.19. The number of fused-ring (bicyclic) bond motifs is 1. The molecule has 2 N–H and O–H groups in total. The molecule has 0 spiro atoms. The van der Waals surface area contributed by atoms with Crippen molar-refractivity contribution in [3.8, 4) is 0 Å². The van der Waals surface area contributed by atoms with E-state index in [1.807, 2.05) is 42.7 Å². The molecule has 0 saturated carbocycles. The number of rotatable bonds is 7. The van der Waals surface area contributed by atoms with Crippen LogP contribution in [0.25, 0.3) is 10.9 Å². The van der Waals surface area contributed by atoms with Crippen molar-refractivity contribution in [3.05, 3.63) is 65.6 Å². The van der Waals surface area contributed by atoms with E-state index in [1.165, 1.54) is 12.1 Å². The number of amides is 2. The maximum absolute atomic E-state index is 13.0. The highest BCUT2D eigenvalue weighted by Gasteiger charge is 2.30. The molecule has 3 aromatic rings. The second-order valence-electron chi connectivity index (χ2n) is 8.48. The standard InChI is InChI=1S/C25H28FN3O3/c1-3-29-21-10-9-20(28-23(30)13-17-5-7-19(26)8-6-17)14-18(21)15-22(29)24(31)27-16-25(2)11-4-12-32-25/h5-10,14-15H,3-4,11-13,16H2,1-2H3,(H,27,31)(H,28,30). The number of nitrogens with one attached hydrogen (secondary N) is 2. The van der Waals surface area contributed by atoms with Crippen LogP contribution in [0.4, 0.5) is 10.1 Å². The number of halogens is 1. The van der Waals surface area contributed by atoms with E-state index in [2.05, 4.69) is 10.6 Å². The summed E-state index contributed by atoms with van der Waals surface area (Å²) in [4.78, 5) is 25.3. The number of nitrogens with zero attached hydrogens (tertiary/aromatic N) is 1. The second kappa shape index (κ2) is 9.12. The Morgan fingerprint density at radius 1 is 1.16 bits per heavy atom. The lowest BCUT2D eigenvalue weighted by atomic mass is 10.0. The predicted octanol–water partition coefficient (Wildman–Crippen LogP) is 4.28. The largest absolute Gasteiger partial charge is 0.373 e. The Balaban J connectivity index is 1.48. The van der Waals surface area contributed by atoms with Crippen molar-refractivity contribution < 1.29 is 18.7 Å². The average molecular weight is 438 g/mol. The molecular weight excluding hydrogens is 409 g/mol. The summed E-state index contributed by atoms with van der Waals surface area (Å²) in [5.74, 6) is -0.653. The maximum atomic E-state index is 13.0. The van der Waals surface area contributed by atoms with E-state index >= 15 is 0 Å². The Bertz CT molecular complexity index is 1130. The molecule has 4 rings (SSSR count). The third kappa shape index (κ3) is 4.83. The van der Waals surface area contributed by atoms with Gasteiger partial charge in [0.15, 0.2) is 0 Å². The van der Waals surface area contributed by atoms with Crippen molar-refractivity contribution >= 4 is 28.4 Å². The monoisotopic (exact) mass is 437 g/mol. The van der Waals surface area contributed by atoms with Crippen molar-refractivity contribution in [2.45, 2.75) is 45.3 Å². The van der Waals surface area contributed by atoms with Crippen LogP contribution in [0.3, 0.4) is 0 Å². The van der Waals surface area contributed by atoms with Gasteiger partial charge >= 0.3 is 0 Å². The molecule has 6 nitrogen and oxygen atoms in total. The quantitative estimate of drug-likeness (QED) is 0.580. The van der Waals surface area contributed by atoms with E-state index < -0.39 is 0 Å². The third-order valence-corrected chi connectivity index (χ3v) is 5.94. The first kappa shape index (κ1) is 22.0. The summed E-state index contributed by atoms with van der Waals surface area (Å²) >= 11 is 0. The molecule has 1 aromatic heterocycles. The summed E-state index contributed by atoms with van der Waals surface area (Å²) < 4.78 is 20.8. The molecule has 1 fully saturated rings. The molecule has 1 unspecified atom stereocenters. The summed E-state index contributed by atoms with van der Waals surface area (Å²) in [7, 11) is 0. The first-order valence-electron chi connectivity index (χ1n) is 11.0. The fourth-order valence-electron chi connectivity index (χ4n) is 4.20. The first-order chi connectivity index (χ1) is 15.4. The number of hydrogen-bond acceptors (Lipinski definition) is 3. The molecule has 0 radical (unpaired) electrons. The highest BCUT2D eigenvalue weighted by Crippen LogP contribution is 2.26. The van der Waals surface area contributed by atoms with Gasteiger partial charge in [0.05, 0.1) is 12.0 Å². The second-order valence-corrected chi connectivity index (χ2v) is 8.48. The molecule has 1 saturated heterocycles. The fraction of sp³-hybridized carbons (Fsp3) is 0.360. The van der Waals surface area contributed by atoms with Gasteiger partial charge in [-0.25, -0.2) is 4.39 Å². The molecule has 1 aliphatic heterocycles. The third-order valence-electron chi connectivity index (χ3n) is 5.94. The lowest BCUT2D eigenvalue weighted by Crippen LogP contribution is -2.40. The number of carbonyl (C=O) groups is 2. The molecule has 7 heteroatoms. The van der Waals surface area contributed by atoms with Crippen LogP contribution in [-0.4, -0.2) is 35.1 Å². The number of hydrogen-bond donors (Lipinski definition) is 2. The lowest BCUT2D eigenvalue weighted by Gasteiger charge is -2.23. The Morgan fingerprint density at radius 2 is 1.94 bits per heavy atom. The van der Waals surface area contributed by atoms with Crippen molar-refractivity contribution in [1.82, 2.24) is 9.88 Å². The van der Waals surface area contributed by atoms with Crippen LogP contribution < -0.4 is 10.6 Å². The zero-order chi connectivity index (χ0) is 22.7. The van der Waals surface area contributed by atoms with Crippen molar-refractivity contribution in [3.63, 3.8) is 0 Å². The maximum Gasteiger partial charge on any atom is 0.268 e. The van der Waals surface area contributed by atoms with Gasteiger partial charge in [-0.05, 0) is 68.7 Å². The fourth-order valence-corrected chi connectivity index (χ4v) is 4.20. The lowest BCUT2D eigenvalue weighted by molar-refractivity contribution is -0.115. The zero-order valence-corrected chi connectivity index (χ0v) is 18.4. The molecule has 2 heterocycles. The van der Waals surface area contributed by atoms with Crippen LogP contribution in [-0.2, 0) is 22.5 Å². The Morgan fingerprint density at radius 3 is 2.62 bits per heavy atom. The van der Waals surface area contributed by atoms with E-state index in [0.29, 0.717) is 24.5 Å². The first-order valence-corrected chi connectivity index (χ1v) is 11.0. The molecule has 2 amide bonds. The number of aryl methyl sites for hydroxylation is 1. The van der Waals surface area contributed by atoms with Gasteiger partial charge in [-0.2, -0.15) is 0 Å². The number of anilines is 1. The van der Waals surface area contributed by atoms with Gasteiger partial charge < -0.3 is 19.9 Å². The van der Waals surface area contributed by atoms with Crippen LogP contribution in [0.15, 0.2) is 48.5 Å². The van der Waals surface area contributed by atoms with Gasteiger partial charge in [0.1, 0.15) is 11.5 Å². The normalized spacial score (nSPS) is 18.1. The summed E-state index contributed by atoms with van der Waals surface area (Å²) in [6.07, 6.45) is 2.10. The smallest absolute Gasteiger partial charge is 0.268 e. The molecule has 1 atom stereocenters. The van der Waals surface area contributed by atoms with Crippen molar-refractivity contribution in [1.29, 1.82) is 0 Å². The van der Waals surface area contributed by atoms with Crippen LogP contribution in [0.1, 0.15) is 42.7 Å². The van der Waals surface area contributed by atoms with Gasteiger partial charge in [-0.15, -0.1) is 0 Å². The van der Waals surface area contributed by atoms with E-state index in [4.69, 9.17) is 4.74 Å². The Labute approximate surface area is 186 Å². The summed E-state index contributed by atoms with van der Waals surface area (Å²) in [6, 6.07) is 13.3. The van der Waals surface area contributed by atoms with E-state index in [9.17, 15) is 14.0 Å². The molecule has 0 aliphatic carbocycles. The number of ether oxygens (including phenoxy) is 1. The zero-order valence-electron chi connectivity index (χ0n) is 18.4. The minimum atomic E-state index is -0.329. The summed E-state index contributed by atoms with van der Waals surface area (Å²) in [6.45, 7) is 5.88. The molecule has 32 heavy (non-hydrogen) atoms. The van der Waals surface area contributed by atoms with Crippen LogP contribution in [0.5, 0.6) is 0 Å². The van der Waals surface area contributed by atoms with Crippen LogP contribution in [0.2, 0.25) is 0 Å². The van der Waals surface area contributed by atoms with Gasteiger partial charge in [-0.3, -0.25) is 9.59 Å². The summed E-state index contributed by atoms with van der Waals surface area (Å²) in [5.41, 5.74) is 2.59. The Kier molecular flexibility index (Phi) is 6.28. The average Bonchev–Trinajstić information content (AvgIpc) is 3.37. The van der Waals surface area contributed by atoms with E-state index in [-0.39, 0.29) is 29.7 Å².